The van der Waals surface area contributed by atoms with Crippen LogP contribution in [-0.4, -0.2) is 29.6 Å². The SMILES string of the molecule is CCN(CC)C(C)(CC)C(N)C1CCCC(C)C1. The van der Waals surface area contributed by atoms with E-state index in [9.17, 15) is 0 Å². The lowest BCUT2D eigenvalue weighted by Crippen LogP contribution is -2.60. The Morgan fingerprint density at radius 1 is 1.22 bits per heavy atom. The largest absolute Gasteiger partial charge is 0.326 e. The molecule has 0 amide bonds. The minimum absolute atomic E-state index is 0.172. The van der Waals surface area contributed by atoms with E-state index in [0.717, 1.165) is 31.3 Å². The Bertz CT molecular complexity index is 237. The Morgan fingerprint density at radius 2 is 1.83 bits per heavy atom. The van der Waals surface area contributed by atoms with E-state index in [1.54, 1.807) is 0 Å². The third-order valence-electron chi connectivity index (χ3n) is 5.40. The minimum atomic E-state index is 0.172. The molecule has 0 radical (unpaired) electrons. The molecule has 1 saturated carbocycles. The number of rotatable bonds is 6. The first kappa shape index (κ1) is 16.0. The standard InChI is InChI=1S/C16H34N2/c1-6-16(5,18(7-2)8-3)15(17)14-11-9-10-13(4)12-14/h13-15H,6-12,17H2,1-5H3. The van der Waals surface area contributed by atoms with Crippen molar-refractivity contribution >= 4 is 0 Å². The van der Waals surface area contributed by atoms with Gasteiger partial charge in [0.05, 0.1) is 0 Å². The summed E-state index contributed by atoms with van der Waals surface area (Å²) in [5.74, 6) is 1.59. The average molecular weight is 254 g/mol. The zero-order chi connectivity index (χ0) is 13.8. The highest BCUT2D eigenvalue weighted by molar-refractivity contribution is 4.98. The fourth-order valence-corrected chi connectivity index (χ4v) is 3.93. The van der Waals surface area contributed by atoms with Gasteiger partial charge in [0.25, 0.3) is 0 Å². The van der Waals surface area contributed by atoms with Crippen LogP contribution in [0.15, 0.2) is 0 Å². The van der Waals surface area contributed by atoms with Crippen molar-refractivity contribution in [2.45, 2.75) is 78.3 Å². The zero-order valence-corrected chi connectivity index (χ0v) is 13.2. The summed E-state index contributed by atoms with van der Waals surface area (Å²) in [5.41, 5.74) is 6.88. The molecule has 2 N–H and O–H groups in total. The second-order valence-electron chi connectivity index (χ2n) is 6.44. The summed E-state index contributed by atoms with van der Waals surface area (Å²) in [4.78, 5) is 2.57. The van der Waals surface area contributed by atoms with Crippen LogP contribution in [0, 0.1) is 11.8 Å². The van der Waals surface area contributed by atoms with Crippen molar-refractivity contribution in [1.82, 2.24) is 4.90 Å². The molecule has 4 atom stereocenters. The van der Waals surface area contributed by atoms with Gasteiger partial charge in [-0.05, 0) is 51.1 Å². The van der Waals surface area contributed by atoms with E-state index >= 15 is 0 Å². The zero-order valence-electron chi connectivity index (χ0n) is 13.2. The smallest absolute Gasteiger partial charge is 0.0332 e. The predicted octanol–water partition coefficient (Wildman–Crippen LogP) is 3.65. The summed E-state index contributed by atoms with van der Waals surface area (Å²) in [7, 11) is 0. The van der Waals surface area contributed by atoms with Crippen LogP contribution in [0.3, 0.4) is 0 Å². The first-order valence-electron chi connectivity index (χ1n) is 8.00. The average Bonchev–Trinajstić information content (AvgIpc) is 2.38. The quantitative estimate of drug-likeness (QED) is 0.784. The van der Waals surface area contributed by atoms with Crippen LogP contribution < -0.4 is 5.73 Å². The van der Waals surface area contributed by atoms with Crippen LogP contribution in [0.1, 0.15) is 66.7 Å². The molecule has 0 aromatic heterocycles. The second-order valence-corrected chi connectivity index (χ2v) is 6.44. The molecule has 0 bridgehead atoms. The van der Waals surface area contributed by atoms with E-state index in [0.29, 0.717) is 6.04 Å². The summed E-state index contributed by atoms with van der Waals surface area (Å²) in [6, 6.07) is 0.324. The maximum Gasteiger partial charge on any atom is 0.0332 e. The molecule has 1 aliphatic rings. The Balaban J connectivity index is 2.79. The number of hydrogen-bond acceptors (Lipinski definition) is 2. The number of nitrogens with zero attached hydrogens (tertiary/aromatic N) is 1. The monoisotopic (exact) mass is 254 g/mol. The fourth-order valence-electron chi connectivity index (χ4n) is 3.93. The lowest BCUT2D eigenvalue weighted by Gasteiger charge is -2.48. The van der Waals surface area contributed by atoms with Gasteiger partial charge < -0.3 is 5.73 Å². The van der Waals surface area contributed by atoms with E-state index in [2.05, 4.69) is 39.5 Å². The molecule has 0 aromatic rings. The van der Waals surface area contributed by atoms with E-state index in [-0.39, 0.29) is 5.54 Å². The van der Waals surface area contributed by atoms with E-state index in [1.165, 1.54) is 25.7 Å². The van der Waals surface area contributed by atoms with Crippen LogP contribution in [0.4, 0.5) is 0 Å². The first-order chi connectivity index (χ1) is 8.49. The van der Waals surface area contributed by atoms with Crippen molar-refractivity contribution in [2.24, 2.45) is 17.6 Å². The van der Waals surface area contributed by atoms with E-state index in [1.807, 2.05) is 0 Å². The van der Waals surface area contributed by atoms with Gasteiger partial charge in [0.15, 0.2) is 0 Å². The molecule has 0 aromatic carbocycles. The van der Waals surface area contributed by atoms with Gasteiger partial charge in [-0.25, -0.2) is 0 Å². The fraction of sp³-hybridized carbons (Fsp3) is 1.00. The van der Waals surface area contributed by atoms with Crippen LogP contribution >= 0.6 is 0 Å². The summed E-state index contributed by atoms with van der Waals surface area (Å²) >= 11 is 0. The maximum absolute atomic E-state index is 6.71. The van der Waals surface area contributed by atoms with Gasteiger partial charge in [-0.3, -0.25) is 4.90 Å². The highest BCUT2D eigenvalue weighted by Crippen LogP contribution is 2.36. The van der Waals surface area contributed by atoms with Gasteiger partial charge in [-0.1, -0.05) is 40.5 Å². The molecule has 0 heterocycles. The van der Waals surface area contributed by atoms with Gasteiger partial charge >= 0.3 is 0 Å². The molecular formula is C16H34N2. The van der Waals surface area contributed by atoms with E-state index < -0.39 is 0 Å². The predicted molar refractivity (Wildman–Crippen MR) is 80.7 cm³/mol. The molecule has 0 saturated heterocycles. The van der Waals surface area contributed by atoms with Gasteiger partial charge in [0.1, 0.15) is 0 Å². The van der Waals surface area contributed by atoms with Gasteiger partial charge in [0.2, 0.25) is 0 Å². The highest BCUT2D eigenvalue weighted by Gasteiger charge is 2.39. The molecule has 2 heteroatoms. The van der Waals surface area contributed by atoms with Crippen LogP contribution in [-0.2, 0) is 0 Å². The van der Waals surface area contributed by atoms with Crippen molar-refractivity contribution < 1.29 is 0 Å². The third-order valence-corrected chi connectivity index (χ3v) is 5.40. The third kappa shape index (κ3) is 3.27. The van der Waals surface area contributed by atoms with Crippen molar-refractivity contribution in [3.05, 3.63) is 0 Å². The minimum Gasteiger partial charge on any atom is -0.326 e. The topological polar surface area (TPSA) is 29.3 Å². The van der Waals surface area contributed by atoms with Crippen LogP contribution in [0.2, 0.25) is 0 Å². The summed E-state index contributed by atoms with van der Waals surface area (Å²) in [6.45, 7) is 13.8. The molecule has 1 aliphatic carbocycles. The summed E-state index contributed by atoms with van der Waals surface area (Å²) in [6.07, 6.45) is 6.59. The Morgan fingerprint density at radius 3 is 2.28 bits per heavy atom. The first-order valence-corrected chi connectivity index (χ1v) is 8.00. The molecule has 0 aliphatic heterocycles. The highest BCUT2D eigenvalue weighted by atomic mass is 15.2. The Hall–Kier alpha value is -0.0800. The molecular weight excluding hydrogens is 220 g/mol. The Labute approximate surface area is 114 Å². The summed E-state index contributed by atoms with van der Waals surface area (Å²) < 4.78 is 0. The Kier molecular flexibility index (Phi) is 6.13. The molecule has 1 rings (SSSR count). The maximum atomic E-state index is 6.71. The van der Waals surface area contributed by atoms with Crippen molar-refractivity contribution in [1.29, 1.82) is 0 Å². The van der Waals surface area contributed by atoms with Gasteiger partial charge in [0, 0.05) is 11.6 Å². The van der Waals surface area contributed by atoms with Crippen LogP contribution in [0.5, 0.6) is 0 Å². The molecule has 1 fully saturated rings. The van der Waals surface area contributed by atoms with Crippen LogP contribution in [0.25, 0.3) is 0 Å². The molecule has 108 valence electrons. The van der Waals surface area contributed by atoms with Gasteiger partial charge in [-0.15, -0.1) is 0 Å². The van der Waals surface area contributed by atoms with Crippen molar-refractivity contribution in [3.63, 3.8) is 0 Å². The number of hydrogen-bond donors (Lipinski definition) is 1. The lowest BCUT2D eigenvalue weighted by atomic mass is 9.71. The van der Waals surface area contributed by atoms with Gasteiger partial charge in [-0.2, -0.15) is 0 Å². The summed E-state index contributed by atoms with van der Waals surface area (Å²) in [5, 5.41) is 0. The molecule has 4 unspecified atom stereocenters. The second kappa shape index (κ2) is 6.91. The van der Waals surface area contributed by atoms with Crippen molar-refractivity contribution in [2.75, 3.05) is 13.1 Å². The molecule has 18 heavy (non-hydrogen) atoms. The number of likely N-dealkylation sites (N-methyl/N-ethyl adjacent to an activating group) is 1. The lowest BCUT2D eigenvalue weighted by molar-refractivity contribution is 0.0482. The van der Waals surface area contributed by atoms with Crippen molar-refractivity contribution in [3.8, 4) is 0 Å². The molecule has 2 nitrogen and oxygen atoms in total. The van der Waals surface area contributed by atoms with E-state index in [4.69, 9.17) is 5.73 Å². The molecule has 0 spiro atoms. The number of nitrogens with two attached hydrogens (primary N) is 1. The normalized spacial score (nSPS) is 30.2.